The van der Waals surface area contributed by atoms with Gasteiger partial charge in [-0.1, -0.05) is 0 Å². The number of primary amides is 1. The molecule has 0 heterocycles. The van der Waals surface area contributed by atoms with E-state index in [1.54, 1.807) is 0 Å². The normalized spacial score (nSPS) is 23.1. The second-order valence-corrected chi connectivity index (χ2v) is 6.36. The Morgan fingerprint density at radius 2 is 1.90 bits per heavy atom. The molecular weight excluding hydrogens is 294 g/mol. The number of urea groups is 1. The van der Waals surface area contributed by atoms with Gasteiger partial charge in [-0.05, 0) is 38.4 Å². The SMILES string of the molecule is CSC1CCC(NC(=O)NC(CCC(N)=O)C(=O)O)CC1. The first-order valence-electron chi connectivity index (χ1n) is 7.03. The summed E-state index contributed by atoms with van der Waals surface area (Å²) in [6.07, 6.45) is 5.91. The van der Waals surface area contributed by atoms with Crippen molar-refractivity contribution in [3.63, 3.8) is 0 Å². The average molecular weight is 317 g/mol. The summed E-state index contributed by atoms with van der Waals surface area (Å²) in [5, 5.41) is 14.8. The van der Waals surface area contributed by atoms with E-state index in [0.717, 1.165) is 25.7 Å². The molecule has 120 valence electrons. The van der Waals surface area contributed by atoms with Crippen molar-refractivity contribution in [1.82, 2.24) is 10.6 Å². The third kappa shape index (κ3) is 6.70. The number of nitrogens with two attached hydrogens (primary N) is 1. The van der Waals surface area contributed by atoms with Gasteiger partial charge < -0.3 is 21.5 Å². The van der Waals surface area contributed by atoms with Gasteiger partial charge >= 0.3 is 12.0 Å². The van der Waals surface area contributed by atoms with Crippen LogP contribution in [0.5, 0.6) is 0 Å². The Morgan fingerprint density at radius 3 is 2.38 bits per heavy atom. The van der Waals surface area contributed by atoms with Crippen LogP contribution in [-0.4, -0.2) is 46.6 Å². The van der Waals surface area contributed by atoms with Crippen molar-refractivity contribution in [1.29, 1.82) is 0 Å². The van der Waals surface area contributed by atoms with Crippen LogP contribution in [0.3, 0.4) is 0 Å². The summed E-state index contributed by atoms with van der Waals surface area (Å²) >= 11 is 1.84. The molecule has 0 bridgehead atoms. The molecule has 0 saturated heterocycles. The maximum Gasteiger partial charge on any atom is 0.326 e. The van der Waals surface area contributed by atoms with E-state index in [2.05, 4.69) is 16.9 Å². The maximum atomic E-state index is 11.8. The van der Waals surface area contributed by atoms with E-state index in [1.165, 1.54) is 0 Å². The monoisotopic (exact) mass is 317 g/mol. The molecule has 1 atom stereocenters. The second-order valence-electron chi connectivity index (χ2n) is 5.22. The molecule has 0 aromatic carbocycles. The molecule has 7 nitrogen and oxygen atoms in total. The molecule has 1 rings (SSSR count). The van der Waals surface area contributed by atoms with Crippen molar-refractivity contribution in [3.8, 4) is 0 Å². The first-order chi connectivity index (χ1) is 9.92. The Bertz CT molecular complexity index is 384. The Kier molecular flexibility index (Phi) is 7.35. The molecule has 1 unspecified atom stereocenters. The van der Waals surface area contributed by atoms with E-state index in [1.807, 2.05) is 11.8 Å². The highest BCUT2D eigenvalue weighted by atomic mass is 32.2. The summed E-state index contributed by atoms with van der Waals surface area (Å²) in [6, 6.07) is -1.52. The summed E-state index contributed by atoms with van der Waals surface area (Å²) in [7, 11) is 0. The van der Waals surface area contributed by atoms with Crippen LogP contribution in [0.15, 0.2) is 0 Å². The first kappa shape index (κ1) is 17.6. The minimum absolute atomic E-state index is 0.00268. The standard InChI is InChI=1S/C13H23N3O4S/c1-21-9-4-2-8(3-5-9)15-13(20)16-10(12(18)19)6-7-11(14)17/h8-10H,2-7H2,1H3,(H2,14,17)(H,18,19)(H2,15,16,20). The molecule has 1 aliphatic carbocycles. The molecule has 8 heteroatoms. The van der Waals surface area contributed by atoms with Gasteiger partial charge in [-0.2, -0.15) is 11.8 Å². The number of nitrogens with one attached hydrogen (secondary N) is 2. The summed E-state index contributed by atoms with van der Waals surface area (Å²) in [5.74, 6) is -1.75. The number of rotatable bonds is 7. The van der Waals surface area contributed by atoms with Gasteiger partial charge in [0.05, 0.1) is 0 Å². The maximum absolute atomic E-state index is 11.8. The summed E-state index contributed by atoms with van der Waals surface area (Å²) in [5.41, 5.74) is 4.99. The number of carboxylic acid groups (broad SMARTS) is 1. The molecule has 0 aromatic rings. The van der Waals surface area contributed by atoms with Crippen molar-refractivity contribution in [3.05, 3.63) is 0 Å². The zero-order valence-corrected chi connectivity index (χ0v) is 12.9. The highest BCUT2D eigenvalue weighted by Gasteiger charge is 2.24. The molecule has 3 amide bonds. The van der Waals surface area contributed by atoms with Crippen LogP contribution < -0.4 is 16.4 Å². The lowest BCUT2D eigenvalue weighted by molar-refractivity contribution is -0.139. The lowest BCUT2D eigenvalue weighted by atomic mass is 9.95. The van der Waals surface area contributed by atoms with Crippen molar-refractivity contribution < 1.29 is 19.5 Å². The number of hydrogen-bond donors (Lipinski definition) is 4. The van der Waals surface area contributed by atoms with Crippen LogP contribution in [0.2, 0.25) is 0 Å². The zero-order valence-electron chi connectivity index (χ0n) is 12.1. The second kappa shape index (κ2) is 8.76. The molecule has 0 aromatic heterocycles. The van der Waals surface area contributed by atoms with Crippen molar-refractivity contribution in [2.75, 3.05) is 6.26 Å². The lowest BCUT2D eigenvalue weighted by Crippen LogP contribution is -2.50. The molecule has 5 N–H and O–H groups in total. The Morgan fingerprint density at radius 1 is 1.29 bits per heavy atom. The minimum Gasteiger partial charge on any atom is -0.480 e. The number of amides is 3. The summed E-state index contributed by atoms with van der Waals surface area (Å²) in [4.78, 5) is 33.5. The number of carbonyl (C=O) groups excluding carboxylic acids is 2. The lowest BCUT2D eigenvalue weighted by Gasteiger charge is -2.28. The largest absolute Gasteiger partial charge is 0.480 e. The molecule has 0 aliphatic heterocycles. The smallest absolute Gasteiger partial charge is 0.326 e. The zero-order chi connectivity index (χ0) is 15.8. The van der Waals surface area contributed by atoms with Crippen LogP contribution in [0.25, 0.3) is 0 Å². The fourth-order valence-corrected chi connectivity index (χ4v) is 3.12. The molecule has 0 radical (unpaired) electrons. The number of carboxylic acids is 1. The van der Waals surface area contributed by atoms with Crippen LogP contribution in [-0.2, 0) is 9.59 Å². The topological polar surface area (TPSA) is 122 Å². The predicted molar refractivity (Wildman–Crippen MR) is 81.1 cm³/mol. The highest BCUT2D eigenvalue weighted by molar-refractivity contribution is 7.99. The van der Waals surface area contributed by atoms with Gasteiger partial charge in [0, 0.05) is 17.7 Å². The van der Waals surface area contributed by atoms with Crippen LogP contribution in [0, 0.1) is 0 Å². The minimum atomic E-state index is -1.17. The molecule has 1 fully saturated rings. The van der Waals surface area contributed by atoms with E-state index in [9.17, 15) is 14.4 Å². The average Bonchev–Trinajstić information content (AvgIpc) is 2.43. The Balaban J connectivity index is 2.36. The number of carbonyl (C=O) groups is 3. The fourth-order valence-electron chi connectivity index (χ4n) is 2.37. The van der Waals surface area contributed by atoms with Gasteiger partial charge in [0.2, 0.25) is 5.91 Å². The van der Waals surface area contributed by atoms with Crippen molar-refractivity contribution in [2.24, 2.45) is 5.73 Å². The fraction of sp³-hybridized carbons (Fsp3) is 0.769. The number of thioether (sulfide) groups is 1. The summed E-state index contributed by atoms with van der Waals surface area (Å²) in [6.45, 7) is 0. The molecule has 21 heavy (non-hydrogen) atoms. The first-order valence-corrected chi connectivity index (χ1v) is 8.32. The Labute approximate surface area is 128 Å². The molecule has 0 spiro atoms. The predicted octanol–water partition coefficient (Wildman–Crippen LogP) is 0.679. The third-order valence-electron chi connectivity index (χ3n) is 3.63. The van der Waals surface area contributed by atoms with Gasteiger partial charge in [0.25, 0.3) is 0 Å². The van der Waals surface area contributed by atoms with E-state index in [0.29, 0.717) is 5.25 Å². The van der Waals surface area contributed by atoms with Crippen LogP contribution in [0.1, 0.15) is 38.5 Å². The van der Waals surface area contributed by atoms with Gasteiger partial charge in [-0.3, -0.25) is 4.79 Å². The number of hydrogen-bond acceptors (Lipinski definition) is 4. The Hall–Kier alpha value is -1.44. The quantitative estimate of drug-likeness (QED) is 0.550. The molecule has 1 saturated carbocycles. The van der Waals surface area contributed by atoms with Gasteiger partial charge in [0.1, 0.15) is 6.04 Å². The van der Waals surface area contributed by atoms with Crippen LogP contribution >= 0.6 is 11.8 Å². The van der Waals surface area contributed by atoms with Crippen molar-refractivity contribution in [2.45, 2.75) is 55.9 Å². The van der Waals surface area contributed by atoms with E-state index >= 15 is 0 Å². The highest BCUT2D eigenvalue weighted by Crippen LogP contribution is 2.26. The van der Waals surface area contributed by atoms with E-state index < -0.39 is 23.9 Å². The molecule has 1 aliphatic rings. The third-order valence-corrected chi connectivity index (χ3v) is 4.76. The number of aliphatic carboxylic acids is 1. The van der Waals surface area contributed by atoms with E-state index in [4.69, 9.17) is 10.8 Å². The summed E-state index contributed by atoms with van der Waals surface area (Å²) < 4.78 is 0. The van der Waals surface area contributed by atoms with Gasteiger partial charge in [0.15, 0.2) is 0 Å². The molecular formula is C13H23N3O4S. The van der Waals surface area contributed by atoms with E-state index in [-0.39, 0.29) is 18.9 Å². The van der Waals surface area contributed by atoms with Gasteiger partial charge in [-0.25, -0.2) is 9.59 Å². The van der Waals surface area contributed by atoms with Gasteiger partial charge in [-0.15, -0.1) is 0 Å². The van der Waals surface area contributed by atoms with Crippen molar-refractivity contribution >= 4 is 29.7 Å². The van der Waals surface area contributed by atoms with Crippen LogP contribution in [0.4, 0.5) is 4.79 Å².